The lowest BCUT2D eigenvalue weighted by molar-refractivity contribution is -0.344. The van der Waals surface area contributed by atoms with E-state index in [-0.39, 0.29) is 23.1 Å². The second-order valence-corrected chi connectivity index (χ2v) is 18.2. The van der Waals surface area contributed by atoms with E-state index >= 15 is 0 Å². The Kier molecular flexibility index (Phi) is 11.9. The van der Waals surface area contributed by atoms with Crippen molar-refractivity contribution >= 4 is 35.9 Å². The molecule has 1 aliphatic heterocycles. The monoisotopic (exact) mass is 833 g/mol. The molecule has 1 aromatic rings. The summed E-state index contributed by atoms with van der Waals surface area (Å²) in [4.78, 5) is 81.2. The number of alkyl carbamates (subject to hydrolysis) is 1. The third-order valence-electron chi connectivity index (χ3n) is 12.8. The number of amides is 1. The van der Waals surface area contributed by atoms with Gasteiger partial charge in [0.15, 0.2) is 17.5 Å². The molecule has 2 saturated carbocycles. The molecule has 1 saturated heterocycles. The molecule has 3 aliphatic carbocycles. The lowest BCUT2D eigenvalue weighted by Crippen LogP contribution is -2.81. The van der Waals surface area contributed by atoms with E-state index < -0.39 is 131 Å². The number of hydrogen-bond acceptors (Lipinski definition) is 16. The first-order chi connectivity index (χ1) is 27.1. The zero-order chi connectivity index (χ0) is 44.4. The molecule has 5 rings (SSSR count). The lowest BCUT2D eigenvalue weighted by Gasteiger charge is -2.67. The Bertz CT molecular complexity index is 1900. The van der Waals surface area contributed by atoms with Crippen molar-refractivity contribution in [2.45, 2.75) is 135 Å². The molecule has 3 fully saturated rings. The van der Waals surface area contributed by atoms with E-state index in [1.165, 1.54) is 39.8 Å². The predicted octanol–water partition coefficient (Wildman–Crippen LogP) is 2.22. The van der Waals surface area contributed by atoms with Gasteiger partial charge in [0.25, 0.3) is 0 Å². The molecule has 59 heavy (non-hydrogen) atoms. The van der Waals surface area contributed by atoms with E-state index in [0.29, 0.717) is 0 Å². The average molecular weight is 834 g/mol. The van der Waals surface area contributed by atoms with Gasteiger partial charge < -0.3 is 59.3 Å². The second kappa shape index (κ2) is 15.4. The number of carbonyl (C=O) groups excluding carboxylic acids is 5. The Labute approximate surface area is 341 Å². The van der Waals surface area contributed by atoms with Gasteiger partial charge in [0.2, 0.25) is 0 Å². The third-order valence-corrected chi connectivity index (χ3v) is 12.8. The summed E-state index contributed by atoms with van der Waals surface area (Å²) >= 11 is 0. The van der Waals surface area contributed by atoms with Gasteiger partial charge in [0.05, 0.1) is 48.2 Å². The summed E-state index contributed by atoms with van der Waals surface area (Å²) in [5.41, 5.74) is -11.4. The van der Waals surface area contributed by atoms with Gasteiger partial charge in [0, 0.05) is 18.3 Å². The molecule has 4 aliphatic rings. The van der Waals surface area contributed by atoms with Gasteiger partial charge >= 0.3 is 30.2 Å². The number of esters is 2. The van der Waals surface area contributed by atoms with Gasteiger partial charge in [-0.05, 0) is 71.7 Å². The highest BCUT2D eigenvalue weighted by atomic mass is 16.8. The SMILES string of the molecule is COC(=O)O[C@@]12CO[C@@H]1CC(O)[C@@]1(C)C(=O)[C@H](O)C3=C(C)[C@@H](OC(=O)[C@H](O)[C@@H](NC(=O)OC(C)(C)C)C(C)(C)C(=O)O)C[C@@](O)([C@@H](OC(=O)c4ccccc4)C12)C3(C)C. The minimum absolute atomic E-state index is 0.0168. The van der Waals surface area contributed by atoms with Crippen LogP contribution in [0, 0.1) is 22.2 Å². The van der Waals surface area contributed by atoms with E-state index in [1.54, 1.807) is 39.0 Å². The van der Waals surface area contributed by atoms with Gasteiger partial charge in [-0.15, -0.1) is 0 Å². The fourth-order valence-corrected chi connectivity index (χ4v) is 9.27. The number of ether oxygens (including phenoxy) is 6. The molecule has 0 radical (unpaired) electrons. The topological polar surface area (TPSA) is 271 Å². The minimum atomic E-state index is -2.48. The number of ketones is 1. The van der Waals surface area contributed by atoms with Crippen molar-refractivity contribution in [3.8, 4) is 0 Å². The molecular formula is C41H55NO17. The molecule has 11 atom stereocenters. The number of rotatable bonds is 9. The zero-order valence-electron chi connectivity index (χ0n) is 34.8. The largest absolute Gasteiger partial charge is 0.508 e. The normalized spacial score (nSPS) is 33.6. The number of carbonyl (C=O) groups is 6. The third kappa shape index (κ3) is 7.47. The summed E-state index contributed by atoms with van der Waals surface area (Å²) in [6.07, 6.45) is -14.1. The van der Waals surface area contributed by atoms with Gasteiger partial charge in [-0.3, -0.25) is 9.59 Å². The first kappa shape index (κ1) is 45.5. The van der Waals surface area contributed by atoms with Gasteiger partial charge in [-0.25, -0.2) is 19.2 Å². The zero-order valence-corrected chi connectivity index (χ0v) is 34.8. The van der Waals surface area contributed by atoms with Crippen molar-refractivity contribution in [2.75, 3.05) is 13.7 Å². The predicted molar refractivity (Wildman–Crippen MR) is 201 cm³/mol. The highest BCUT2D eigenvalue weighted by Crippen LogP contribution is 2.64. The molecule has 2 bridgehead atoms. The highest BCUT2D eigenvalue weighted by Gasteiger charge is 2.78. The molecule has 1 heterocycles. The van der Waals surface area contributed by atoms with Crippen molar-refractivity contribution in [3.63, 3.8) is 0 Å². The van der Waals surface area contributed by atoms with Crippen LogP contribution in [-0.4, -0.2) is 135 Å². The van der Waals surface area contributed by atoms with Crippen molar-refractivity contribution in [1.29, 1.82) is 0 Å². The molecule has 1 aromatic carbocycles. The number of aliphatic hydroxyl groups excluding tert-OH is 3. The maximum atomic E-state index is 14.9. The van der Waals surface area contributed by atoms with Crippen molar-refractivity contribution in [2.24, 2.45) is 22.2 Å². The van der Waals surface area contributed by atoms with Crippen LogP contribution in [0.25, 0.3) is 0 Å². The maximum Gasteiger partial charge on any atom is 0.508 e. The van der Waals surface area contributed by atoms with Gasteiger partial charge in [-0.1, -0.05) is 32.0 Å². The van der Waals surface area contributed by atoms with Crippen LogP contribution in [0.5, 0.6) is 0 Å². The summed E-state index contributed by atoms with van der Waals surface area (Å²) in [7, 11) is 1.04. The van der Waals surface area contributed by atoms with Crippen LogP contribution >= 0.6 is 0 Å². The molecule has 0 aromatic heterocycles. The molecule has 2 unspecified atom stereocenters. The second-order valence-electron chi connectivity index (χ2n) is 18.2. The Morgan fingerprint density at radius 1 is 0.983 bits per heavy atom. The fraction of sp³-hybridized carbons (Fsp3) is 0.659. The maximum absolute atomic E-state index is 14.9. The average Bonchev–Trinajstić information content (AvgIpc) is 3.14. The van der Waals surface area contributed by atoms with Gasteiger partial charge in [-0.2, -0.15) is 0 Å². The highest BCUT2D eigenvalue weighted by molar-refractivity contribution is 5.94. The smallest absolute Gasteiger partial charge is 0.481 e. The molecule has 0 spiro atoms. The van der Waals surface area contributed by atoms with Crippen LogP contribution in [0.3, 0.4) is 0 Å². The number of carboxylic acids is 1. The minimum Gasteiger partial charge on any atom is -0.481 e. The summed E-state index contributed by atoms with van der Waals surface area (Å²) in [5, 5.41) is 61.2. The Morgan fingerprint density at radius 3 is 2.12 bits per heavy atom. The van der Waals surface area contributed by atoms with E-state index in [0.717, 1.165) is 21.0 Å². The van der Waals surface area contributed by atoms with Crippen LogP contribution in [-0.2, 0) is 42.8 Å². The van der Waals surface area contributed by atoms with E-state index in [9.17, 15) is 54.3 Å². The number of benzene rings is 1. The standard InChI is InChI=1S/C41H55NO17/c1-19-21(56-32(48)26(45)28(37(5,6)33(49)50)42-34(51)58-36(2,3)4)17-41(53)30(57-31(47)20-14-12-11-13-15-20)27-39(9,29(46)25(44)24(19)38(41,7)8)22(43)16-23-40(27,18-55-23)59-35(52)54-10/h11-15,21-23,25-28,30,43-45,53H,16-18H2,1-10H3,(H,42,51)(H,49,50)/t21-,22?,23+,25+,26+,27?,28+,30-,39+,40-,41+/m0/s1. The molecule has 18 heteroatoms. The Balaban J connectivity index is 1.69. The van der Waals surface area contributed by atoms with Crippen LogP contribution in [0.2, 0.25) is 0 Å². The van der Waals surface area contributed by atoms with Crippen molar-refractivity contribution < 1.29 is 82.7 Å². The van der Waals surface area contributed by atoms with Crippen LogP contribution < -0.4 is 5.32 Å². The molecule has 1 amide bonds. The quantitative estimate of drug-likeness (QED) is 0.118. The fourth-order valence-electron chi connectivity index (χ4n) is 9.27. The molecular weight excluding hydrogens is 778 g/mol. The van der Waals surface area contributed by atoms with Gasteiger partial charge in [0.1, 0.15) is 35.6 Å². The number of carboxylic acid groups (broad SMARTS) is 1. The number of aliphatic carboxylic acids is 1. The number of hydrogen-bond donors (Lipinski definition) is 6. The number of fused-ring (bicyclic) bond motifs is 5. The molecule has 18 nitrogen and oxygen atoms in total. The summed E-state index contributed by atoms with van der Waals surface area (Å²) in [6, 6.07) is 5.77. The van der Waals surface area contributed by atoms with E-state index in [2.05, 4.69) is 5.32 Å². The van der Waals surface area contributed by atoms with E-state index in [4.69, 9.17) is 28.4 Å². The Morgan fingerprint density at radius 2 is 1.59 bits per heavy atom. The summed E-state index contributed by atoms with van der Waals surface area (Å²) in [6.45, 7) is 12.2. The first-order valence-electron chi connectivity index (χ1n) is 19.2. The number of nitrogens with one attached hydrogen (secondary N) is 1. The Hall–Kier alpha value is -4.62. The molecule has 326 valence electrons. The van der Waals surface area contributed by atoms with Crippen molar-refractivity contribution in [3.05, 3.63) is 47.0 Å². The lowest BCUT2D eigenvalue weighted by atomic mass is 9.44. The number of aliphatic hydroxyl groups is 4. The van der Waals surface area contributed by atoms with Crippen LogP contribution in [0.4, 0.5) is 9.59 Å². The van der Waals surface area contributed by atoms with Crippen LogP contribution in [0.1, 0.15) is 85.5 Å². The molecule has 6 N–H and O–H groups in total. The number of methoxy groups -OCH3 is 1. The first-order valence-corrected chi connectivity index (χ1v) is 19.2. The summed E-state index contributed by atoms with van der Waals surface area (Å²) in [5.74, 6) is -6.64. The van der Waals surface area contributed by atoms with E-state index in [1.807, 2.05) is 0 Å². The van der Waals surface area contributed by atoms with Crippen LogP contribution in [0.15, 0.2) is 41.5 Å². The number of Topliss-reactive ketones (excluding diaryl/α,β-unsaturated/α-hetero) is 1. The summed E-state index contributed by atoms with van der Waals surface area (Å²) < 4.78 is 33.8. The van der Waals surface area contributed by atoms with Crippen molar-refractivity contribution in [1.82, 2.24) is 5.32 Å².